The quantitative estimate of drug-likeness (QED) is 0.756. The number of rotatable bonds is 3. The predicted molar refractivity (Wildman–Crippen MR) is 107 cm³/mol. The highest BCUT2D eigenvalue weighted by molar-refractivity contribution is 5.83. The van der Waals surface area contributed by atoms with Crippen LogP contribution in [0.5, 0.6) is 0 Å². The minimum absolute atomic E-state index is 0.719. The summed E-state index contributed by atoms with van der Waals surface area (Å²) in [6, 6.07) is 6.67. The largest absolute Gasteiger partial charge is 0.388 e. The maximum atomic E-state index is 4.30. The molecule has 1 fully saturated rings. The summed E-state index contributed by atoms with van der Waals surface area (Å²) in [5.41, 5.74) is 11.6. The van der Waals surface area contributed by atoms with Crippen molar-refractivity contribution < 1.29 is 0 Å². The summed E-state index contributed by atoms with van der Waals surface area (Å²) in [6.45, 7) is 10.9. The number of allylic oxidation sites excluding steroid dienone is 6. The van der Waals surface area contributed by atoms with E-state index >= 15 is 0 Å². The van der Waals surface area contributed by atoms with Gasteiger partial charge in [-0.15, -0.1) is 0 Å². The lowest BCUT2D eigenvalue weighted by Crippen LogP contribution is -2.25. The molecule has 1 aromatic rings. The van der Waals surface area contributed by atoms with Gasteiger partial charge in [-0.3, -0.25) is 0 Å². The zero-order chi connectivity index (χ0) is 17.7. The molecule has 2 nitrogen and oxygen atoms in total. The van der Waals surface area contributed by atoms with Crippen LogP contribution in [0.3, 0.4) is 0 Å². The van der Waals surface area contributed by atoms with Gasteiger partial charge in [-0.1, -0.05) is 18.7 Å². The number of hydrogen-bond acceptors (Lipinski definition) is 2. The van der Waals surface area contributed by atoms with Crippen molar-refractivity contribution in [2.24, 2.45) is 5.92 Å². The molecule has 3 aliphatic rings. The molecule has 128 valence electrons. The van der Waals surface area contributed by atoms with Crippen molar-refractivity contribution in [1.82, 2.24) is 4.90 Å². The molecule has 1 N–H and O–H groups in total. The van der Waals surface area contributed by atoms with E-state index in [2.05, 4.69) is 74.1 Å². The first-order valence-electron chi connectivity index (χ1n) is 9.10. The fourth-order valence-electron chi connectivity index (χ4n) is 3.94. The Morgan fingerprint density at radius 2 is 1.92 bits per heavy atom. The molecule has 0 atom stereocenters. The average Bonchev–Trinajstić information content (AvgIpc) is 3.43. The van der Waals surface area contributed by atoms with Crippen molar-refractivity contribution in [3.05, 3.63) is 82.4 Å². The summed E-state index contributed by atoms with van der Waals surface area (Å²) in [5, 5.41) is 3.25. The second-order valence-corrected chi connectivity index (χ2v) is 7.36. The van der Waals surface area contributed by atoms with Crippen LogP contribution in [0.4, 0.5) is 5.69 Å². The first-order chi connectivity index (χ1) is 12.0. The molecule has 1 saturated carbocycles. The molecule has 0 spiro atoms. The lowest BCUT2D eigenvalue weighted by Gasteiger charge is -2.36. The second kappa shape index (κ2) is 5.80. The van der Waals surface area contributed by atoms with Gasteiger partial charge in [-0.25, -0.2) is 0 Å². The topological polar surface area (TPSA) is 15.3 Å². The van der Waals surface area contributed by atoms with E-state index in [-0.39, 0.29) is 0 Å². The Balaban J connectivity index is 1.87. The SMILES string of the molecule is C=C1C(C)=CC(C2CC2)=C2C(C)=C(c3ccc(NC)c(C)c3)C=CN12. The third-order valence-electron chi connectivity index (χ3n) is 5.61. The maximum absolute atomic E-state index is 4.30. The zero-order valence-electron chi connectivity index (χ0n) is 15.6. The zero-order valence-corrected chi connectivity index (χ0v) is 15.6. The molecule has 0 unspecified atom stereocenters. The van der Waals surface area contributed by atoms with Crippen LogP contribution >= 0.6 is 0 Å². The van der Waals surface area contributed by atoms with Crippen LogP contribution in [-0.4, -0.2) is 11.9 Å². The number of nitrogens with one attached hydrogen (secondary N) is 1. The normalized spacial score (nSPS) is 20.1. The molecule has 0 bridgehead atoms. The molecule has 2 heteroatoms. The molecule has 0 radical (unpaired) electrons. The van der Waals surface area contributed by atoms with E-state index < -0.39 is 0 Å². The number of aryl methyl sites for hydroxylation is 1. The van der Waals surface area contributed by atoms with Gasteiger partial charge >= 0.3 is 0 Å². The molecule has 0 amide bonds. The van der Waals surface area contributed by atoms with Gasteiger partial charge in [0.1, 0.15) is 0 Å². The van der Waals surface area contributed by atoms with Gasteiger partial charge in [0.2, 0.25) is 0 Å². The fraction of sp³-hybridized carbons (Fsp3) is 0.304. The molecule has 2 heterocycles. The summed E-state index contributed by atoms with van der Waals surface area (Å²) in [7, 11) is 1.97. The summed E-state index contributed by atoms with van der Waals surface area (Å²) >= 11 is 0. The fourth-order valence-corrected chi connectivity index (χ4v) is 3.94. The van der Waals surface area contributed by atoms with E-state index in [1.807, 2.05) is 7.05 Å². The van der Waals surface area contributed by atoms with Gasteiger partial charge in [0.25, 0.3) is 0 Å². The third kappa shape index (κ3) is 2.57. The van der Waals surface area contributed by atoms with Gasteiger partial charge in [0.15, 0.2) is 0 Å². The van der Waals surface area contributed by atoms with Gasteiger partial charge in [-0.2, -0.15) is 0 Å². The summed E-state index contributed by atoms with van der Waals surface area (Å²) in [4.78, 5) is 2.29. The Labute approximate surface area is 150 Å². The number of nitrogens with zero attached hydrogens (tertiary/aromatic N) is 1. The summed E-state index contributed by atoms with van der Waals surface area (Å²) < 4.78 is 0. The Kier molecular flexibility index (Phi) is 3.72. The lowest BCUT2D eigenvalue weighted by molar-refractivity contribution is 0.569. The number of hydrogen-bond donors (Lipinski definition) is 1. The molecule has 0 aromatic heterocycles. The van der Waals surface area contributed by atoms with Gasteiger partial charge < -0.3 is 10.2 Å². The number of benzene rings is 1. The highest BCUT2D eigenvalue weighted by Gasteiger charge is 2.34. The maximum Gasteiger partial charge on any atom is 0.0525 e. The molecule has 1 aromatic carbocycles. The minimum atomic E-state index is 0.719. The van der Waals surface area contributed by atoms with Crippen LogP contribution in [0.15, 0.2) is 71.2 Å². The van der Waals surface area contributed by atoms with Crippen molar-refractivity contribution in [3.8, 4) is 0 Å². The highest BCUT2D eigenvalue weighted by Crippen LogP contribution is 2.47. The minimum Gasteiger partial charge on any atom is -0.388 e. The third-order valence-corrected chi connectivity index (χ3v) is 5.61. The Hall–Kier alpha value is -2.48. The second-order valence-electron chi connectivity index (χ2n) is 7.36. The predicted octanol–water partition coefficient (Wildman–Crippen LogP) is 5.78. The molecular formula is C23H26N2. The van der Waals surface area contributed by atoms with Crippen molar-refractivity contribution in [2.75, 3.05) is 12.4 Å². The van der Waals surface area contributed by atoms with E-state index in [9.17, 15) is 0 Å². The van der Waals surface area contributed by atoms with Crippen molar-refractivity contribution in [2.45, 2.75) is 33.6 Å². The first-order valence-corrected chi connectivity index (χ1v) is 9.10. The molecule has 1 aliphatic carbocycles. The highest BCUT2D eigenvalue weighted by atomic mass is 15.1. The molecule has 25 heavy (non-hydrogen) atoms. The molecule has 4 rings (SSSR count). The van der Waals surface area contributed by atoms with Crippen LogP contribution in [-0.2, 0) is 0 Å². The van der Waals surface area contributed by atoms with Crippen molar-refractivity contribution in [3.63, 3.8) is 0 Å². The Bertz CT molecular complexity index is 889. The molecule has 0 saturated heterocycles. The van der Waals surface area contributed by atoms with E-state index in [4.69, 9.17) is 0 Å². The van der Waals surface area contributed by atoms with E-state index in [0.717, 1.165) is 11.6 Å². The van der Waals surface area contributed by atoms with Crippen LogP contribution in [0, 0.1) is 12.8 Å². The Morgan fingerprint density at radius 1 is 1.16 bits per heavy atom. The Morgan fingerprint density at radius 3 is 2.56 bits per heavy atom. The molecule has 2 aliphatic heterocycles. The number of anilines is 1. The van der Waals surface area contributed by atoms with E-state index in [0.29, 0.717) is 0 Å². The van der Waals surface area contributed by atoms with Crippen molar-refractivity contribution in [1.29, 1.82) is 0 Å². The van der Waals surface area contributed by atoms with Crippen LogP contribution in [0.2, 0.25) is 0 Å². The van der Waals surface area contributed by atoms with Gasteiger partial charge in [0.05, 0.1) is 5.70 Å². The monoisotopic (exact) mass is 330 g/mol. The summed E-state index contributed by atoms with van der Waals surface area (Å²) in [6.07, 6.45) is 9.42. The van der Waals surface area contributed by atoms with Crippen LogP contribution < -0.4 is 5.32 Å². The van der Waals surface area contributed by atoms with Gasteiger partial charge in [0, 0.05) is 24.6 Å². The van der Waals surface area contributed by atoms with Crippen LogP contribution in [0.25, 0.3) is 5.57 Å². The molecular weight excluding hydrogens is 304 g/mol. The van der Waals surface area contributed by atoms with E-state index in [1.54, 1.807) is 0 Å². The van der Waals surface area contributed by atoms with Gasteiger partial charge in [-0.05, 0) is 91.2 Å². The average molecular weight is 330 g/mol. The standard InChI is InChI=1S/C23H26N2/c1-14-13-21(18-6-7-18)23-16(3)20(10-11-25(23)17(14)4)19-8-9-22(24-5)15(2)12-19/h8-13,18,24H,4,6-7H2,1-3,5H3. The van der Waals surface area contributed by atoms with Crippen molar-refractivity contribution >= 4 is 11.3 Å². The lowest BCUT2D eigenvalue weighted by atomic mass is 9.88. The van der Waals surface area contributed by atoms with Crippen LogP contribution in [0.1, 0.15) is 37.8 Å². The smallest absolute Gasteiger partial charge is 0.0525 e. The first kappa shape index (κ1) is 16.0. The summed E-state index contributed by atoms with van der Waals surface area (Å²) in [5.74, 6) is 0.719. The van der Waals surface area contributed by atoms with E-state index in [1.165, 1.54) is 57.6 Å². The number of fused-ring (bicyclic) bond motifs is 1.